The summed E-state index contributed by atoms with van der Waals surface area (Å²) < 4.78 is 11.3. The van der Waals surface area contributed by atoms with E-state index in [1.807, 2.05) is 24.3 Å². The summed E-state index contributed by atoms with van der Waals surface area (Å²) in [5, 5.41) is 3.19. The maximum Gasteiger partial charge on any atom is 0.208 e. The number of rotatable bonds is 7. The number of nitrogens with one attached hydrogen (secondary N) is 1. The van der Waals surface area contributed by atoms with Gasteiger partial charge < -0.3 is 14.5 Å². The minimum Gasteiger partial charge on any atom is -0.494 e. The quantitative estimate of drug-likeness (QED) is 0.830. The summed E-state index contributed by atoms with van der Waals surface area (Å²) in [7, 11) is 0. The van der Waals surface area contributed by atoms with Gasteiger partial charge in [0, 0.05) is 5.56 Å². The van der Waals surface area contributed by atoms with E-state index in [-0.39, 0.29) is 0 Å². The largest absolute Gasteiger partial charge is 0.494 e. The Balaban J connectivity index is 2.10. The summed E-state index contributed by atoms with van der Waals surface area (Å²) in [5.41, 5.74) is 0.990. The third-order valence-electron chi connectivity index (χ3n) is 2.67. The van der Waals surface area contributed by atoms with Crippen molar-refractivity contribution < 1.29 is 9.15 Å². The molecule has 0 saturated carbocycles. The first-order valence-electron chi connectivity index (χ1n) is 6.72. The van der Waals surface area contributed by atoms with Crippen LogP contribution < -0.4 is 10.1 Å². The lowest BCUT2D eigenvalue weighted by atomic mass is 10.2. The molecule has 0 aliphatic carbocycles. The van der Waals surface area contributed by atoms with Gasteiger partial charge in [-0.2, -0.15) is 0 Å². The van der Waals surface area contributed by atoms with Gasteiger partial charge in [-0.1, -0.05) is 26.0 Å². The predicted molar refractivity (Wildman–Crippen MR) is 75.1 cm³/mol. The van der Waals surface area contributed by atoms with Gasteiger partial charge in [0.1, 0.15) is 5.75 Å². The van der Waals surface area contributed by atoms with E-state index in [1.54, 1.807) is 6.20 Å². The highest BCUT2D eigenvalue weighted by Gasteiger charge is 2.07. The van der Waals surface area contributed by atoms with Crippen LogP contribution in [0, 0.1) is 0 Å². The minimum atomic E-state index is 0.655. The van der Waals surface area contributed by atoms with E-state index < -0.39 is 0 Å². The fraction of sp³-hybridized carbons (Fsp3) is 0.400. The van der Waals surface area contributed by atoms with Crippen molar-refractivity contribution in [1.29, 1.82) is 0 Å². The predicted octanol–water partition coefficient (Wildman–Crippen LogP) is 3.24. The van der Waals surface area contributed by atoms with Gasteiger partial charge in [0.15, 0.2) is 5.76 Å². The molecule has 4 nitrogen and oxygen atoms in total. The molecule has 102 valence electrons. The van der Waals surface area contributed by atoms with Crippen LogP contribution in [0.1, 0.15) is 26.2 Å². The molecule has 0 atom stereocenters. The maximum atomic E-state index is 5.70. The van der Waals surface area contributed by atoms with E-state index in [9.17, 15) is 0 Å². The molecule has 0 saturated heterocycles. The van der Waals surface area contributed by atoms with Crippen molar-refractivity contribution in [2.75, 3.05) is 13.2 Å². The molecule has 0 aliphatic rings. The minimum absolute atomic E-state index is 0.655. The molecule has 0 aliphatic heterocycles. The first kappa shape index (κ1) is 13.6. The lowest BCUT2D eigenvalue weighted by molar-refractivity contribution is 0.317. The molecule has 1 aromatic heterocycles. The molecule has 2 rings (SSSR count). The van der Waals surface area contributed by atoms with Gasteiger partial charge in [0.2, 0.25) is 5.89 Å². The van der Waals surface area contributed by atoms with Gasteiger partial charge >= 0.3 is 0 Å². The number of benzene rings is 1. The van der Waals surface area contributed by atoms with E-state index in [0.717, 1.165) is 36.6 Å². The van der Waals surface area contributed by atoms with Gasteiger partial charge in [0.05, 0.1) is 19.3 Å². The standard InChI is InChI=1S/C15H20N2O2/c1-3-8-18-13-7-5-6-12(9-13)14-10-17-15(19-14)11-16-4-2/h5-7,9-10,16H,3-4,8,11H2,1-2H3. The molecule has 0 unspecified atom stereocenters. The molecular formula is C15H20N2O2. The monoisotopic (exact) mass is 260 g/mol. The molecule has 0 spiro atoms. The van der Waals surface area contributed by atoms with Crippen molar-refractivity contribution in [3.05, 3.63) is 36.4 Å². The number of aromatic nitrogens is 1. The molecule has 1 aromatic carbocycles. The molecule has 19 heavy (non-hydrogen) atoms. The molecular weight excluding hydrogens is 240 g/mol. The Morgan fingerprint density at radius 3 is 3.00 bits per heavy atom. The molecule has 0 amide bonds. The number of nitrogens with zero attached hydrogens (tertiary/aromatic N) is 1. The normalized spacial score (nSPS) is 10.6. The van der Waals surface area contributed by atoms with Crippen LogP contribution in [0.25, 0.3) is 11.3 Å². The highest BCUT2D eigenvalue weighted by molar-refractivity contribution is 5.58. The SMILES string of the molecule is CCCOc1cccc(-c2cnc(CNCC)o2)c1. The Bertz CT molecular complexity index is 508. The summed E-state index contributed by atoms with van der Waals surface area (Å²) >= 11 is 0. The first-order chi connectivity index (χ1) is 9.33. The van der Waals surface area contributed by atoms with Crippen molar-refractivity contribution in [2.45, 2.75) is 26.8 Å². The third kappa shape index (κ3) is 3.83. The molecule has 1 N–H and O–H groups in total. The molecule has 1 heterocycles. The highest BCUT2D eigenvalue weighted by Crippen LogP contribution is 2.24. The Hall–Kier alpha value is -1.81. The Labute approximate surface area is 113 Å². The maximum absolute atomic E-state index is 5.70. The van der Waals surface area contributed by atoms with Gasteiger partial charge in [-0.3, -0.25) is 0 Å². The summed E-state index contributed by atoms with van der Waals surface area (Å²) in [6.45, 7) is 6.43. The number of hydrogen-bond acceptors (Lipinski definition) is 4. The topological polar surface area (TPSA) is 47.3 Å². The van der Waals surface area contributed by atoms with E-state index in [2.05, 4.69) is 24.1 Å². The molecule has 0 fully saturated rings. The lowest BCUT2D eigenvalue weighted by Gasteiger charge is -2.05. The van der Waals surface area contributed by atoms with Gasteiger partial charge in [0.25, 0.3) is 0 Å². The average molecular weight is 260 g/mol. The van der Waals surface area contributed by atoms with Crippen LogP contribution in [0.4, 0.5) is 0 Å². The van der Waals surface area contributed by atoms with Crippen LogP contribution in [-0.2, 0) is 6.54 Å². The van der Waals surface area contributed by atoms with Crippen LogP contribution in [0.5, 0.6) is 5.75 Å². The van der Waals surface area contributed by atoms with Crippen LogP contribution >= 0.6 is 0 Å². The molecule has 4 heteroatoms. The zero-order chi connectivity index (χ0) is 13.5. The number of hydrogen-bond donors (Lipinski definition) is 1. The zero-order valence-electron chi connectivity index (χ0n) is 11.5. The smallest absolute Gasteiger partial charge is 0.208 e. The number of oxazole rings is 1. The first-order valence-corrected chi connectivity index (χ1v) is 6.72. The molecule has 0 bridgehead atoms. The second kappa shape index (κ2) is 6.95. The molecule has 2 aromatic rings. The fourth-order valence-corrected chi connectivity index (χ4v) is 1.72. The van der Waals surface area contributed by atoms with Crippen molar-refractivity contribution in [1.82, 2.24) is 10.3 Å². The van der Waals surface area contributed by atoms with Crippen molar-refractivity contribution >= 4 is 0 Å². The summed E-state index contributed by atoms with van der Waals surface area (Å²) in [4.78, 5) is 4.25. The second-order valence-electron chi connectivity index (χ2n) is 4.27. The van der Waals surface area contributed by atoms with Crippen LogP contribution in [0.15, 0.2) is 34.9 Å². The van der Waals surface area contributed by atoms with E-state index >= 15 is 0 Å². The van der Waals surface area contributed by atoms with E-state index in [4.69, 9.17) is 9.15 Å². The Kier molecular flexibility index (Phi) is 4.98. The third-order valence-corrected chi connectivity index (χ3v) is 2.67. The van der Waals surface area contributed by atoms with Crippen molar-refractivity contribution in [3.63, 3.8) is 0 Å². The second-order valence-corrected chi connectivity index (χ2v) is 4.27. The Morgan fingerprint density at radius 1 is 1.32 bits per heavy atom. The van der Waals surface area contributed by atoms with Gasteiger partial charge in [-0.25, -0.2) is 4.98 Å². The fourth-order valence-electron chi connectivity index (χ4n) is 1.72. The highest BCUT2D eigenvalue weighted by atomic mass is 16.5. The van der Waals surface area contributed by atoms with Crippen LogP contribution in [-0.4, -0.2) is 18.1 Å². The van der Waals surface area contributed by atoms with Gasteiger partial charge in [-0.05, 0) is 25.1 Å². The van der Waals surface area contributed by atoms with Crippen molar-refractivity contribution in [2.24, 2.45) is 0 Å². The zero-order valence-corrected chi connectivity index (χ0v) is 11.5. The number of ether oxygens (including phenoxy) is 1. The summed E-state index contributed by atoms with van der Waals surface area (Å²) in [5.74, 6) is 2.34. The lowest BCUT2D eigenvalue weighted by Crippen LogP contribution is -2.11. The molecule has 0 radical (unpaired) electrons. The van der Waals surface area contributed by atoms with Crippen LogP contribution in [0.3, 0.4) is 0 Å². The van der Waals surface area contributed by atoms with Crippen molar-refractivity contribution in [3.8, 4) is 17.1 Å². The van der Waals surface area contributed by atoms with Crippen LogP contribution in [0.2, 0.25) is 0 Å². The van der Waals surface area contributed by atoms with E-state index in [0.29, 0.717) is 12.4 Å². The average Bonchev–Trinajstić information content (AvgIpc) is 2.92. The van der Waals surface area contributed by atoms with E-state index in [1.165, 1.54) is 0 Å². The summed E-state index contributed by atoms with van der Waals surface area (Å²) in [6, 6.07) is 7.89. The van der Waals surface area contributed by atoms with Gasteiger partial charge in [-0.15, -0.1) is 0 Å². The Morgan fingerprint density at radius 2 is 2.21 bits per heavy atom. The summed E-state index contributed by atoms with van der Waals surface area (Å²) in [6.07, 6.45) is 2.75.